The number of hydrogen-bond acceptors (Lipinski definition) is 4. The zero-order chi connectivity index (χ0) is 20.1. The van der Waals surface area contributed by atoms with E-state index in [-0.39, 0.29) is 18.3 Å². The number of carbonyl (C=O) groups is 2. The van der Waals surface area contributed by atoms with E-state index < -0.39 is 5.97 Å². The van der Waals surface area contributed by atoms with Crippen LogP contribution in [0.1, 0.15) is 24.2 Å². The fourth-order valence-corrected chi connectivity index (χ4v) is 2.69. The van der Waals surface area contributed by atoms with Crippen molar-refractivity contribution in [1.29, 1.82) is 0 Å². The van der Waals surface area contributed by atoms with Gasteiger partial charge in [0.05, 0.1) is 16.8 Å². The Morgan fingerprint density at radius 3 is 2.54 bits per heavy atom. The molecule has 1 amide bonds. The topological polar surface area (TPSA) is 68.3 Å². The summed E-state index contributed by atoms with van der Waals surface area (Å²) in [6.45, 7) is 4.12. The molecule has 0 radical (unpaired) electrons. The van der Waals surface area contributed by atoms with Crippen molar-refractivity contribution >= 4 is 22.8 Å². The molecule has 3 aromatic rings. The average Bonchev–Trinajstić information content (AvgIpc) is 2.70. The van der Waals surface area contributed by atoms with E-state index in [0.717, 1.165) is 0 Å². The summed E-state index contributed by atoms with van der Waals surface area (Å²) >= 11 is 0. The second-order valence-electron chi connectivity index (χ2n) is 6.85. The number of halogens is 1. The summed E-state index contributed by atoms with van der Waals surface area (Å²) in [5.41, 5.74) is 2.12. The second kappa shape index (κ2) is 8.61. The predicted molar refractivity (Wildman–Crippen MR) is 105 cm³/mol. The van der Waals surface area contributed by atoms with E-state index in [2.05, 4.69) is 10.3 Å². The van der Waals surface area contributed by atoms with Gasteiger partial charge in [-0.25, -0.2) is 14.2 Å². The Labute approximate surface area is 162 Å². The molecule has 0 aliphatic heterocycles. The zero-order valence-electron chi connectivity index (χ0n) is 15.7. The molecular formula is C22H21FN2O3. The predicted octanol–water partition coefficient (Wildman–Crippen LogP) is 3.97. The third-order valence-corrected chi connectivity index (χ3v) is 4.12. The Hall–Kier alpha value is -3.28. The van der Waals surface area contributed by atoms with Gasteiger partial charge in [0.2, 0.25) is 0 Å². The largest absolute Gasteiger partial charge is 0.452 e. The Morgan fingerprint density at radius 1 is 1.11 bits per heavy atom. The number of nitrogens with one attached hydrogen (secondary N) is 1. The van der Waals surface area contributed by atoms with E-state index >= 15 is 0 Å². The Bertz CT molecular complexity index is 1000. The molecule has 2 aromatic carbocycles. The lowest BCUT2D eigenvalue weighted by molar-refractivity contribution is -0.124. The molecule has 0 unspecified atom stereocenters. The van der Waals surface area contributed by atoms with Crippen molar-refractivity contribution in [3.63, 3.8) is 0 Å². The van der Waals surface area contributed by atoms with Gasteiger partial charge in [-0.1, -0.05) is 32.0 Å². The minimum atomic E-state index is -0.610. The second-order valence-corrected chi connectivity index (χ2v) is 6.85. The lowest BCUT2D eigenvalue weighted by Crippen LogP contribution is -2.31. The molecule has 0 saturated heterocycles. The van der Waals surface area contributed by atoms with E-state index in [0.29, 0.717) is 40.2 Å². The van der Waals surface area contributed by atoms with Gasteiger partial charge in [-0.2, -0.15) is 0 Å². The number of amides is 1. The van der Waals surface area contributed by atoms with Gasteiger partial charge >= 0.3 is 5.97 Å². The molecule has 5 nitrogen and oxygen atoms in total. The fourth-order valence-electron chi connectivity index (χ4n) is 2.69. The summed E-state index contributed by atoms with van der Waals surface area (Å²) in [6.07, 6.45) is 0. The minimum absolute atomic E-state index is 0.307. The van der Waals surface area contributed by atoms with E-state index in [1.54, 1.807) is 36.4 Å². The van der Waals surface area contributed by atoms with Crippen LogP contribution in [0.15, 0.2) is 54.6 Å². The molecule has 6 heteroatoms. The molecule has 0 atom stereocenters. The van der Waals surface area contributed by atoms with Gasteiger partial charge in [0.25, 0.3) is 5.91 Å². The minimum Gasteiger partial charge on any atom is -0.452 e. The number of benzene rings is 2. The van der Waals surface area contributed by atoms with Crippen molar-refractivity contribution in [2.24, 2.45) is 5.92 Å². The van der Waals surface area contributed by atoms with Crippen molar-refractivity contribution in [2.75, 3.05) is 13.2 Å². The molecule has 0 fully saturated rings. The third-order valence-electron chi connectivity index (χ3n) is 4.12. The summed E-state index contributed by atoms with van der Waals surface area (Å²) in [7, 11) is 0. The van der Waals surface area contributed by atoms with Gasteiger partial charge in [-0.3, -0.25) is 4.79 Å². The van der Waals surface area contributed by atoms with E-state index in [9.17, 15) is 14.0 Å². The summed E-state index contributed by atoms with van der Waals surface area (Å²) in [6, 6.07) is 14.6. The maximum absolute atomic E-state index is 13.2. The van der Waals surface area contributed by atoms with Crippen LogP contribution in [0.4, 0.5) is 4.39 Å². The van der Waals surface area contributed by atoms with Crippen LogP contribution < -0.4 is 5.32 Å². The van der Waals surface area contributed by atoms with E-state index in [4.69, 9.17) is 4.74 Å². The number of pyridine rings is 1. The van der Waals surface area contributed by atoms with Gasteiger partial charge in [-0.05, 0) is 42.3 Å². The molecule has 1 heterocycles. The molecule has 28 heavy (non-hydrogen) atoms. The molecule has 0 saturated carbocycles. The number of esters is 1. The van der Waals surface area contributed by atoms with Crippen LogP contribution in [0.3, 0.4) is 0 Å². The first-order valence-corrected chi connectivity index (χ1v) is 9.03. The molecule has 1 N–H and O–H groups in total. The summed E-state index contributed by atoms with van der Waals surface area (Å²) in [5, 5.41) is 3.33. The fraction of sp³-hybridized carbons (Fsp3) is 0.227. The molecule has 0 aliphatic carbocycles. The average molecular weight is 380 g/mol. The van der Waals surface area contributed by atoms with Gasteiger partial charge < -0.3 is 10.1 Å². The number of nitrogens with zero attached hydrogens (tertiary/aromatic N) is 1. The first-order chi connectivity index (χ1) is 13.4. The van der Waals surface area contributed by atoms with Crippen LogP contribution in [-0.4, -0.2) is 30.0 Å². The van der Waals surface area contributed by atoms with Gasteiger partial charge in [0.1, 0.15) is 5.82 Å². The van der Waals surface area contributed by atoms with Crippen molar-refractivity contribution in [3.8, 4) is 11.3 Å². The van der Waals surface area contributed by atoms with Crippen LogP contribution in [0.2, 0.25) is 0 Å². The highest BCUT2D eigenvalue weighted by molar-refractivity contribution is 6.05. The number of para-hydroxylation sites is 1. The molecule has 0 aliphatic rings. The van der Waals surface area contributed by atoms with Crippen LogP contribution in [-0.2, 0) is 9.53 Å². The molecule has 1 aromatic heterocycles. The number of hydrogen-bond donors (Lipinski definition) is 1. The molecular weight excluding hydrogens is 359 g/mol. The van der Waals surface area contributed by atoms with E-state index in [1.165, 1.54) is 12.1 Å². The number of rotatable bonds is 6. The maximum Gasteiger partial charge on any atom is 0.339 e. The normalized spacial score (nSPS) is 10.9. The molecule has 0 spiro atoms. The Morgan fingerprint density at radius 2 is 1.82 bits per heavy atom. The Balaban J connectivity index is 1.87. The number of aromatic nitrogens is 1. The highest BCUT2D eigenvalue weighted by Crippen LogP contribution is 2.25. The van der Waals surface area contributed by atoms with Crippen LogP contribution in [0.25, 0.3) is 22.2 Å². The Kier molecular flexibility index (Phi) is 5.99. The van der Waals surface area contributed by atoms with Crippen molar-refractivity contribution in [2.45, 2.75) is 13.8 Å². The smallest absolute Gasteiger partial charge is 0.339 e. The first kappa shape index (κ1) is 19.5. The van der Waals surface area contributed by atoms with Gasteiger partial charge in [-0.15, -0.1) is 0 Å². The van der Waals surface area contributed by atoms with Crippen molar-refractivity contribution in [3.05, 3.63) is 66.0 Å². The first-order valence-electron chi connectivity index (χ1n) is 9.03. The van der Waals surface area contributed by atoms with Crippen molar-refractivity contribution < 1.29 is 18.7 Å². The van der Waals surface area contributed by atoms with Crippen LogP contribution >= 0.6 is 0 Å². The summed E-state index contributed by atoms with van der Waals surface area (Å²) < 4.78 is 18.4. The number of carbonyl (C=O) groups excluding carboxylic acids is 2. The number of ether oxygens (including phenoxy) is 1. The number of fused-ring (bicyclic) bond motifs is 1. The highest BCUT2D eigenvalue weighted by atomic mass is 19.1. The maximum atomic E-state index is 13.2. The van der Waals surface area contributed by atoms with Crippen molar-refractivity contribution in [1.82, 2.24) is 10.3 Å². The molecule has 0 bridgehead atoms. The lowest BCUT2D eigenvalue weighted by atomic mass is 10.0. The van der Waals surface area contributed by atoms with Crippen LogP contribution in [0.5, 0.6) is 0 Å². The summed E-state index contributed by atoms with van der Waals surface area (Å²) in [4.78, 5) is 29.0. The summed E-state index contributed by atoms with van der Waals surface area (Å²) in [5.74, 6) is -1.00. The van der Waals surface area contributed by atoms with E-state index in [1.807, 2.05) is 19.9 Å². The molecule has 3 rings (SSSR count). The molecule has 144 valence electrons. The zero-order valence-corrected chi connectivity index (χ0v) is 15.7. The SMILES string of the molecule is CC(C)CNC(=O)COC(=O)c1cc(-c2ccc(F)cc2)nc2ccccc12. The highest BCUT2D eigenvalue weighted by Gasteiger charge is 2.16. The third kappa shape index (κ3) is 4.71. The quantitative estimate of drug-likeness (QED) is 0.657. The van der Waals surface area contributed by atoms with Crippen LogP contribution in [0, 0.1) is 11.7 Å². The lowest BCUT2D eigenvalue weighted by Gasteiger charge is -2.11. The monoisotopic (exact) mass is 380 g/mol. The standard InChI is InChI=1S/C22H21FN2O3/c1-14(2)12-24-21(26)13-28-22(27)18-11-20(15-7-9-16(23)10-8-15)25-19-6-4-3-5-17(18)19/h3-11,14H,12-13H2,1-2H3,(H,24,26). The van der Waals surface area contributed by atoms with Gasteiger partial charge in [0, 0.05) is 17.5 Å². The van der Waals surface area contributed by atoms with Gasteiger partial charge in [0.15, 0.2) is 6.61 Å².